The zero-order chi connectivity index (χ0) is 10.1. The number of benzene rings is 1. The molecule has 2 aromatic rings. The van der Waals surface area contributed by atoms with E-state index in [1.807, 2.05) is 12.3 Å². The van der Waals surface area contributed by atoms with E-state index in [9.17, 15) is 0 Å². The molecule has 0 aliphatic carbocycles. The van der Waals surface area contributed by atoms with Crippen LogP contribution in [0.1, 0.15) is 16.7 Å². The third-order valence-corrected chi connectivity index (χ3v) is 2.55. The first-order chi connectivity index (χ1) is 6.72. The molecule has 72 valence electrons. The van der Waals surface area contributed by atoms with Crippen molar-refractivity contribution in [3.63, 3.8) is 0 Å². The lowest BCUT2D eigenvalue weighted by atomic mass is 10.0. The Morgan fingerprint density at radius 2 is 2.00 bits per heavy atom. The summed E-state index contributed by atoms with van der Waals surface area (Å²) in [5, 5.41) is 1.22. The van der Waals surface area contributed by atoms with Crippen molar-refractivity contribution in [3.05, 3.63) is 41.1 Å². The maximum Gasteiger partial charge on any atom is 0.0733 e. The van der Waals surface area contributed by atoms with Crippen LogP contribution in [0, 0.1) is 13.8 Å². The maximum absolute atomic E-state index is 5.64. The third-order valence-electron chi connectivity index (χ3n) is 2.55. The minimum Gasteiger partial charge on any atom is -0.326 e. The van der Waals surface area contributed by atoms with Crippen LogP contribution in [-0.2, 0) is 6.54 Å². The van der Waals surface area contributed by atoms with Crippen molar-refractivity contribution in [3.8, 4) is 0 Å². The highest BCUT2D eigenvalue weighted by molar-refractivity contribution is 5.85. The number of aromatic nitrogens is 1. The lowest BCUT2D eigenvalue weighted by Crippen LogP contribution is -1.98. The lowest BCUT2D eigenvalue weighted by Gasteiger charge is -2.06. The standard InChI is InChI=1S/C12H14N2/c1-8-3-4-14-12-9(2)5-10(7-13)6-11(8)12/h3-6H,7,13H2,1-2H3. The Bertz CT molecular complexity index is 475. The van der Waals surface area contributed by atoms with Gasteiger partial charge in [-0.25, -0.2) is 0 Å². The molecule has 1 aromatic heterocycles. The number of aryl methyl sites for hydroxylation is 2. The van der Waals surface area contributed by atoms with Gasteiger partial charge in [0.1, 0.15) is 0 Å². The second kappa shape index (κ2) is 3.39. The van der Waals surface area contributed by atoms with Crippen molar-refractivity contribution in [1.82, 2.24) is 4.98 Å². The Balaban J connectivity index is 2.83. The Labute approximate surface area is 83.8 Å². The minimum atomic E-state index is 0.588. The molecule has 0 atom stereocenters. The average molecular weight is 186 g/mol. The van der Waals surface area contributed by atoms with Gasteiger partial charge < -0.3 is 5.73 Å². The van der Waals surface area contributed by atoms with Crippen LogP contribution in [0.15, 0.2) is 24.4 Å². The number of pyridine rings is 1. The summed E-state index contributed by atoms with van der Waals surface area (Å²) in [6.45, 7) is 4.77. The molecule has 0 aliphatic heterocycles. The summed E-state index contributed by atoms with van der Waals surface area (Å²) < 4.78 is 0. The molecule has 0 saturated heterocycles. The van der Waals surface area contributed by atoms with Gasteiger partial charge >= 0.3 is 0 Å². The van der Waals surface area contributed by atoms with E-state index < -0.39 is 0 Å². The summed E-state index contributed by atoms with van der Waals surface area (Å²) >= 11 is 0. The van der Waals surface area contributed by atoms with E-state index in [-0.39, 0.29) is 0 Å². The fourth-order valence-electron chi connectivity index (χ4n) is 1.76. The van der Waals surface area contributed by atoms with Crippen molar-refractivity contribution < 1.29 is 0 Å². The predicted octanol–water partition coefficient (Wildman–Crippen LogP) is 2.31. The van der Waals surface area contributed by atoms with E-state index in [0.717, 1.165) is 5.52 Å². The van der Waals surface area contributed by atoms with Gasteiger partial charge in [0.25, 0.3) is 0 Å². The molecule has 0 radical (unpaired) electrons. The molecule has 2 rings (SSSR count). The van der Waals surface area contributed by atoms with E-state index >= 15 is 0 Å². The predicted molar refractivity (Wildman–Crippen MR) is 59.1 cm³/mol. The van der Waals surface area contributed by atoms with Crippen LogP contribution in [0.4, 0.5) is 0 Å². The number of nitrogens with two attached hydrogens (primary N) is 1. The monoisotopic (exact) mass is 186 g/mol. The van der Waals surface area contributed by atoms with Gasteiger partial charge in [0, 0.05) is 18.1 Å². The van der Waals surface area contributed by atoms with Gasteiger partial charge in [-0.05, 0) is 42.7 Å². The smallest absolute Gasteiger partial charge is 0.0733 e. The third kappa shape index (κ3) is 1.38. The molecule has 14 heavy (non-hydrogen) atoms. The normalized spacial score (nSPS) is 10.8. The largest absolute Gasteiger partial charge is 0.326 e. The Kier molecular flexibility index (Phi) is 2.22. The quantitative estimate of drug-likeness (QED) is 0.742. The summed E-state index contributed by atoms with van der Waals surface area (Å²) in [4.78, 5) is 4.38. The zero-order valence-corrected chi connectivity index (χ0v) is 8.54. The van der Waals surface area contributed by atoms with Crippen LogP contribution >= 0.6 is 0 Å². The van der Waals surface area contributed by atoms with Crippen LogP contribution in [0.3, 0.4) is 0 Å². The fourth-order valence-corrected chi connectivity index (χ4v) is 1.76. The van der Waals surface area contributed by atoms with Crippen molar-refractivity contribution >= 4 is 10.9 Å². The highest BCUT2D eigenvalue weighted by Gasteiger charge is 2.02. The lowest BCUT2D eigenvalue weighted by molar-refractivity contribution is 1.07. The molecule has 0 amide bonds. The van der Waals surface area contributed by atoms with Gasteiger partial charge in [-0.1, -0.05) is 6.07 Å². The molecule has 2 nitrogen and oxygen atoms in total. The van der Waals surface area contributed by atoms with Crippen molar-refractivity contribution in [2.75, 3.05) is 0 Å². The summed E-state index contributed by atoms with van der Waals surface area (Å²) in [6.07, 6.45) is 1.85. The molecule has 1 aromatic carbocycles. The van der Waals surface area contributed by atoms with E-state index in [2.05, 4.69) is 31.0 Å². The first-order valence-corrected chi connectivity index (χ1v) is 4.77. The molecule has 0 fully saturated rings. The SMILES string of the molecule is Cc1ccnc2c(C)cc(CN)cc12. The number of fused-ring (bicyclic) bond motifs is 1. The number of hydrogen-bond acceptors (Lipinski definition) is 2. The number of hydrogen-bond donors (Lipinski definition) is 1. The summed E-state index contributed by atoms with van der Waals surface area (Å²) in [5.74, 6) is 0. The van der Waals surface area contributed by atoms with Gasteiger partial charge in [-0.3, -0.25) is 4.98 Å². The summed E-state index contributed by atoms with van der Waals surface area (Å²) in [5.41, 5.74) is 10.4. The van der Waals surface area contributed by atoms with Gasteiger partial charge in [0.2, 0.25) is 0 Å². The topological polar surface area (TPSA) is 38.9 Å². The first-order valence-electron chi connectivity index (χ1n) is 4.77. The van der Waals surface area contributed by atoms with E-state index in [1.165, 1.54) is 22.1 Å². The molecule has 0 bridgehead atoms. The van der Waals surface area contributed by atoms with E-state index in [1.54, 1.807) is 0 Å². The highest BCUT2D eigenvalue weighted by Crippen LogP contribution is 2.21. The van der Waals surface area contributed by atoms with Crippen molar-refractivity contribution in [2.24, 2.45) is 5.73 Å². The molecule has 0 unspecified atom stereocenters. The molecular weight excluding hydrogens is 172 g/mol. The molecule has 0 aliphatic rings. The number of nitrogens with zero attached hydrogens (tertiary/aromatic N) is 1. The van der Waals surface area contributed by atoms with Crippen molar-refractivity contribution in [1.29, 1.82) is 0 Å². The van der Waals surface area contributed by atoms with Crippen LogP contribution in [0.2, 0.25) is 0 Å². The van der Waals surface area contributed by atoms with Gasteiger partial charge in [-0.2, -0.15) is 0 Å². The average Bonchev–Trinajstić information content (AvgIpc) is 2.19. The van der Waals surface area contributed by atoms with Gasteiger partial charge in [0.15, 0.2) is 0 Å². The van der Waals surface area contributed by atoms with Gasteiger partial charge in [0.05, 0.1) is 5.52 Å². The molecular formula is C12H14N2. The maximum atomic E-state index is 5.64. The van der Waals surface area contributed by atoms with Crippen LogP contribution in [-0.4, -0.2) is 4.98 Å². The fraction of sp³-hybridized carbons (Fsp3) is 0.250. The minimum absolute atomic E-state index is 0.588. The second-order valence-corrected chi connectivity index (χ2v) is 3.64. The Hall–Kier alpha value is -1.41. The summed E-state index contributed by atoms with van der Waals surface area (Å²) in [6, 6.07) is 6.27. The summed E-state index contributed by atoms with van der Waals surface area (Å²) in [7, 11) is 0. The van der Waals surface area contributed by atoms with Crippen LogP contribution in [0.5, 0.6) is 0 Å². The molecule has 2 heteroatoms. The van der Waals surface area contributed by atoms with Crippen LogP contribution < -0.4 is 5.73 Å². The van der Waals surface area contributed by atoms with E-state index in [0.29, 0.717) is 6.54 Å². The molecule has 0 spiro atoms. The number of rotatable bonds is 1. The first kappa shape index (κ1) is 9.16. The van der Waals surface area contributed by atoms with E-state index in [4.69, 9.17) is 5.73 Å². The molecule has 1 heterocycles. The Morgan fingerprint density at radius 3 is 2.71 bits per heavy atom. The molecule has 2 N–H and O–H groups in total. The zero-order valence-electron chi connectivity index (χ0n) is 8.54. The van der Waals surface area contributed by atoms with Crippen LogP contribution in [0.25, 0.3) is 10.9 Å². The highest BCUT2D eigenvalue weighted by atomic mass is 14.7. The van der Waals surface area contributed by atoms with Crippen molar-refractivity contribution in [2.45, 2.75) is 20.4 Å². The Morgan fingerprint density at radius 1 is 1.21 bits per heavy atom. The second-order valence-electron chi connectivity index (χ2n) is 3.64. The molecule has 0 saturated carbocycles. The van der Waals surface area contributed by atoms with Gasteiger partial charge in [-0.15, -0.1) is 0 Å².